The lowest BCUT2D eigenvalue weighted by Crippen LogP contribution is -2.33. The summed E-state index contributed by atoms with van der Waals surface area (Å²) in [5.41, 5.74) is 1.82. The first-order valence-corrected chi connectivity index (χ1v) is 8.79. The lowest BCUT2D eigenvalue weighted by atomic mass is 10.2. The topological polar surface area (TPSA) is 49.4 Å². The van der Waals surface area contributed by atoms with Gasteiger partial charge in [-0.2, -0.15) is 0 Å². The number of halogens is 1. The van der Waals surface area contributed by atoms with Crippen molar-refractivity contribution in [2.75, 3.05) is 12.0 Å². The molecule has 0 unspecified atom stereocenters. The number of benzene rings is 2. The van der Waals surface area contributed by atoms with E-state index in [1.54, 1.807) is 36.4 Å². The zero-order valence-corrected chi connectivity index (χ0v) is 14.8. The number of carbonyl (C=O) groups excluding carboxylic acids is 2. The molecule has 2 aromatic carbocycles. The number of imide groups is 1. The molecule has 2 amide bonds. The van der Waals surface area contributed by atoms with Crippen molar-refractivity contribution in [3.8, 4) is 0 Å². The molecule has 0 atom stereocenters. The Balaban J connectivity index is 1.62. The highest BCUT2D eigenvalue weighted by Crippen LogP contribution is 2.30. The first-order chi connectivity index (χ1) is 12.1. The van der Waals surface area contributed by atoms with E-state index in [0.717, 1.165) is 23.0 Å². The van der Waals surface area contributed by atoms with Crippen molar-refractivity contribution in [3.05, 3.63) is 82.2 Å². The Morgan fingerprint density at radius 1 is 1.04 bits per heavy atom. The normalized spacial score (nSPS) is 16.2. The van der Waals surface area contributed by atoms with Crippen LogP contribution in [-0.4, -0.2) is 22.7 Å². The van der Waals surface area contributed by atoms with Gasteiger partial charge in [-0.25, -0.2) is 0 Å². The van der Waals surface area contributed by atoms with E-state index in [2.05, 4.69) is 5.32 Å². The molecule has 0 aliphatic carbocycles. The lowest BCUT2D eigenvalue weighted by molar-refractivity contribution is -0.122. The molecule has 0 aromatic heterocycles. The number of hydrogen-bond donors (Lipinski definition) is 1. The fourth-order valence-electron chi connectivity index (χ4n) is 2.20. The van der Waals surface area contributed by atoms with E-state index in [1.165, 1.54) is 4.90 Å². The molecule has 0 spiro atoms. The van der Waals surface area contributed by atoms with Gasteiger partial charge >= 0.3 is 0 Å². The molecule has 126 valence electrons. The van der Waals surface area contributed by atoms with E-state index in [1.807, 2.05) is 36.4 Å². The minimum Gasteiger partial charge on any atom is -0.367 e. The second-order valence-corrected chi connectivity index (χ2v) is 6.67. The fourth-order valence-corrected chi connectivity index (χ4v) is 3.12. The molecule has 2 aromatic rings. The maximum Gasteiger partial charge on any atom is 0.295 e. The van der Waals surface area contributed by atoms with E-state index >= 15 is 0 Å². The minimum atomic E-state index is -0.297. The third-order valence-electron chi connectivity index (χ3n) is 3.49. The molecule has 0 saturated carbocycles. The van der Waals surface area contributed by atoms with Gasteiger partial charge in [0, 0.05) is 10.7 Å². The van der Waals surface area contributed by atoms with Crippen LogP contribution in [0, 0.1) is 0 Å². The van der Waals surface area contributed by atoms with Crippen molar-refractivity contribution in [2.24, 2.45) is 0 Å². The highest BCUT2D eigenvalue weighted by atomic mass is 35.5. The summed E-state index contributed by atoms with van der Waals surface area (Å²) in [6.07, 6.45) is 5.33. The summed E-state index contributed by atoms with van der Waals surface area (Å²) < 4.78 is 0. The van der Waals surface area contributed by atoms with Gasteiger partial charge in [-0.3, -0.25) is 14.5 Å². The van der Waals surface area contributed by atoms with Gasteiger partial charge in [0.15, 0.2) is 0 Å². The number of carbonyl (C=O) groups is 2. The molecule has 1 aliphatic rings. The number of rotatable bonds is 5. The Labute approximate surface area is 155 Å². The van der Waals surface area contributed by atoms with Gasteiger partial charge < -0.3 is 5.32 Å². The van der Waals surface area contributed by atoms with Crippen LogP contribution in [0.1, 0.15) is 5.56 Å². The first-order valence-electron chi connectivity index (χ1n) is 7.60. The number of nitrogens with zero attached hydrogens (tertiary/aromatic N) is 1. The van der Waals surface area contributed by atoms with Gasteiger partial charge in [0.25, 0.3) is 11.1 Å². The summed E-state index contributed by atoms with van der Waals surface area (Å²) in [7, 11) is 0. The summed E-state index contributed by atoms with van der Waals surface area (Å²) >= 11 is 6.77. The molecule has 1 saturated heterocycles. The lowest BCUT2D eigenvalue weighted by Gasteiger charge is -2.14. The smallest absolute Gasteiger partial charge is 0.295 e. The summed E-state index contributed by atoms with van der Waals surface area (Å²) in [4.78, 5) is 26.0. The quantitative estimate of drug-likeness (QED) is 0.752. The Kier molecular flexibility index (Phi) is 5.58. The maximum atomic E-state index is 12.4. The Morgan fingerprint density at radius 2 is 1.76 bits per heavy atom. The van der Waals surface area contributed by atoms with E-state index in [0.29, 0.717) is 9.93 Å². The zero-order chi connectivity index (χ0) is 17.6. The Morgan fingerprint density at radius 3 is 2.48 bits per heavy atom. The van der Waals surface area contributed by atoms with Gasteiger partial charge in [0.1, 0.15) is 0 Å². The van der Waals surface area contributed by atoms with Gasteiger partial charge in [-0.05, 0) is 47.7 Å². The second-order valence-electron chi connectivity index (χ2n) is 5.24. The van der Waals surface area contributed by atoms with Gasteiger partial charge in [0.2, 0.25) is 0 Å². The van der Waals surface area contributed by atoms with Crippen LogP contribution >= 0.6 is 23.4 Å². The van der Waals surface area contributed by atoms with Crippen LogP contribution in [0.2, 0.25) is 5.02 Å². The molecule has 6 heteroatoms. The summed E-state index contributed by atoms with van der Waals surface area (Å²) in [6, 6.07) is 16.8. The molecular formula is C19H15ClN2O2S. The standard InChI is InChI=1S/C19H15ClN2O2S/c20-15-9-11-16(12-10-15)21-13-22-18(23)17(25-19(22)24)8-4-7-14-5-2-1-3-6-14/h1-12,21H,13H2/b7-4+,17-8+. The average molecular weight is 371 g/mol. The van der Waals surface area contributed by atoms with Crippen molar-refractivity contribution in [1.82, 2.24) is 4.90 Å². The number of thioether (sulfide) groups is 1. The number of anilines is 1. The molecule has 0 bridgehead atoms. The van der Waals surface area contributed by atoms with Crippen LogP contribution in [-0.2, 0) is 4.79 Å². The molecule has 4 nitrogen and oxygen atoms in total. The molecule has 1 N–H and O–H groups in total. The van der Waals surface area contributed by atoms with Crippen molar-refractivity contribution < 1.29 is 9.59 Å². The zero-order valence-electron chi connectivity index (χ0n) is 13.2. The maximum absolute atomic E-state index is 12.4. The minimum absolute atomic E-state index is 0.117. The summed E-state index contributed by atoms with van der Waals surface area (Å²) in [6.45, 7) is 0.117. The second kappa shape index (κ2) is 8.05. The SMILES string of the molecule is O=C1S/C(=C/C=C/c2ccccc2)C(=O)N1CNc1ccc(Cl)cc1. The molecule has 1 heterocycles. The monoisotopic (exact) mass is 370 g/mol. The summed E-state index contributed by atoms with van der Waals surface area (Å²) in [5.74, 6) is -0.297. The van der Waals surface area contributed by atoms with Crippen LogP contribution in [0.5, 0.6) is 0 Å². The summed E-state index contributed by atoms with van der Waals surface area (Å²) in [5, 5.41) is 3.39. The molecule has 0 radical (unpaired) electrons. The predicted octanol–water partition coefficient (Wildman–Crippen LogP) is 5.00. The van der Waals surface area contributed by atoms with Crippen molar-refractivity contribution in [2.45, 2.75) is 0 Å². The highest BCUT2D eigenvalue weighted by molar-refractivity contribution is 8.18. The number of hydrogen-bond acceptors (Lipinski definition) is 4. The Hall–Kier alpha value is -2.50. The van der Waals surface area contributed by atoms with Crippen LogP contribution in [0.3, 0.4) is 0 Å². The third-order valence-corrected chi connectivity index (χ3v) is 4.67. The van der Waals surface area contributed by atoms with Gasteiger partial charge in [-0.1, -0.05) is 54.1 Å². The van der Waals surface area contributed by atoms with E-state index in [9.17, 15) is 9.59 Å². The highest BCUT2D eigenvalue weighted by Gasteiger charge is 2.34. The van der Waals surface area contributed by atoms with E-state index in [-0.39, 0.29) is 17.8 Å². The average Bonchev–Trinajstić information content (AvgIpc) is 2.89. The molecule has 1 fully saturated rings. The van der Waals surface area contributed by atoms with Crippen LogP contribution < -0.4 is 5.32 Å². The van der Waals surface area contributed by atoms with Gasteiger partial charge in [0.05, 0.1) is 11.6 Å². The molecule has 3 rings (SSSR count). The van der Waals surface area contributed by atoms with Crippen molar-refractivity contribution in [1.29, 1.82) is 0 Å². The number of amides is 2. The molecule has 25 heavy (non-hydrogen) atoms. The Bertz CT molecular complexity index is 832. The van der Waals surface area contributed by atoms with Crippen molar-refractivity contribution >= 4 is 46.3 Å². The molecule has 1 aliphatic heterocycles. The van der Waals surface area contributed by atoms with Crippen molar-refractivity contribution in [3.63, 3.8) is 0 Å². The van der Waals surface area contributed by atoms with Crippen LogP contribution in [0.25, 0.3) is 6.08 Å². The first kappa shape index (κ1) is 17.3. The molecular weight excluding hydrogens is 356 g/mol. The largest absolute Gasteiger partial charge is 0.367 e. The van der Waals surface area contributed by atoms with Gasteiger partial charge in [-0.15, -0.1) is 0 Å². The fraction of sp³-hybridized carbons (Fsp3) is 0.0526. The van der Waals surface area contributed by atoms with E-state index < -0.39 is 0 Å². The predicted molar refractivity (Wildman–Crippen MR) is 103 cm³/mol. The third kappa shape index (κ3) is 4.53. The van der Waals surface area contributed by atoms with Crippen LogP contribution in [0.15, 0.2) is 71.7 Å². The number of allylic oxidation sites excluding steroid dienone is 2. The van der Waals surface area contributed by atoms with E-state index in [4.69, 9.17) is 11.6 Å². The van der Waals surface area contributed by atoms with Crippen LogP contribution in [0.4, 0.5) is 10.5 Å². The number of nitrogens with one attached hydrogen (secondary N) is 1.